The van der Waals surface area contributed by atoms with E-state index in [-0.39, 0.29) is 17.8 Å². The van der Waals surface area contributed by atoms with Crippen LogP contribution in [0.1, 0.15) is 20.8 Å². The molecule has 9 heteroatoms. The predicted octanol–water partition coefficient (Wildman–Crippen LogP) is 2.13. The molecule has 0 fully saturated rings. The van der Waals surface area contributed by atoms with Crippen molar-refractivity contribution in [3.8, 4) is 0 Å². The molecule has 2 amide bonds. The Labute approximate surface area is 141 Å². The van der Waals surface area contributed by atoms with Gasteiger partial charge in [0.05, 0.1) is 12.3 Å². The van der Waals surface area contributed by atoms with Crippen molar-refractivity contribution in [2.75, 3.05) is 25.6 Å². The molecule has 0 radical (unpaired) electrons. The molecule has 2 rings (SSSR count). The molecule has 6 nitrogen and oxygen atoms in total. The normalized spacial score (nSPS) is 10.4. The lowest BCUT2D eigenvalue weighted by atomic mass is 10.2. The molecule has 0 saturated carbocycles. The van der Waals surface area contributed by atoms with Crippen LogP contribution in [0.25, 0.3) is 0 Å². The van der Waals surface area contributed by atoms with E-state index in [4.69, 9.17) is 4.74 Å². The number of carbonyl (C=O) groups excluding carboxylic acids is 2. The van der Waals surface area contributed by atoms with Gasteiger partial charge >= 0.3 is 0 Å². The first kappa shape index (κ1) is 18.4. The summed E-state index contributed by atoms with van der Waals surface area (Å²) >= 11 is 0. The topological polar surface area (TPSA) is 80.3 Å². The van der Waals surface area contributed by atoms with Gasteiger partial charge in [-0.3, -0.25) is 14.6 Å². The maximum Gasteiger partial charge on any atom is 0.274 e. The van der Waals surface area contributed by atoms with Gasteiger partial charge in [0.15, 0.2) is 17.5 Å². The van der Waals surface area contributed by atoms with E-state index in [9.17, 15) is 22.8 Å². The summed E-state index contributed by atoms with van der Waals surface area (Å²) in [6.45, 7) is 0.596. The maximum atomic E-state index is 13.6. The average Bonchev–Trinajstić information content (AvgIpc) is 2.62. The van der Waals surface area contributed by atoms with Crippen molar-refractivity contribution in [3.05, 3.63) is 59.2 Å². The molecule has 1 aromatic carbocycles. The van der Waals surface area contributed by atoms with Crippen LogP contribution in [0.2, 0.25) is 0 Å². The third-order valence-electron chi connectivity index (χ3n) is 3.13. The van der Waals surface area contributed by atoms with Crippen molar-refractivity contribution < 1.29 is 27.5 Å². The monoisotopic (exact) mass is 353 g/mol. The first-order valence-electron chi connectivity index (χ1n) is 7.12. The first-order valence-corrected chi connectivity index (χ1v) is 7.12. The van der Waals surface area contributed by atoms with Gasteiger partial charge in [0, 0.05) is 25.4 Å². The van der Waals surface area contributed by atoms with Crippen LogP contribution < -0.4 is 10.6 Å². The van der Waals surface area contributed by atoms with E-state index in [2.05, 4.69) is 15.6 Å². The van der Waals surface area contributed by atoms with Crippen molar-refractivity contribution in [2.24, 2.45) is 0 Å². The van der Waals surface area contributed by atoms with E-state index < -0.39 is 35.0 Å². The van der Waals surface area contributed by atoms with Crippen molar-refractivity contribution in [2.45, 2.75) is 0 Å². The molecular formula is C16H14F3N3O3. The number of pyridine rings is 1. The summed E-state index contributed by atoms with van der Waals surface area (Å²) in [5, 5.41) is 4.64. The van der Waals surface area contributed by atoms with Gasteiger partial charge in [0.1, 0.15) is 5.69 Å². The minimum Gasteiger partial charge on any atom is -0.383 e. The number of halogens is 3. The number of hydrogen-bond donors (Lipinski definition) is 2. The van der Waals surface area contributed by atoms with Gasteiger partial charge in [-0.1, -0.05) is 0 Å². The number of methoxy groups -OCH3 is 1. The number of nitrogens with zero attached hydrogens (tertiary/aromatic N) is 1. The number of aromatic nitrogens is 1. The molecule has 0 saturated heterocycles. The molecule has 0 aliphatic rings. The van der Waals surface area contributed by atoms with Crippen LogP contribution in [0.5, 0.6) is 0 Å². The fourth-order valence-corrected chi connectivity index (χ4v) is 1.87. The van der Waals surface area contributed by atoms with E-state index in [1.807, 2.05) is 0 Å². The van der Waals surface area contributed by atoms with Crippen molar-refractivity contribution in [3.63, 3.8) is 0 Å². The maximum absolute atomic E-state index is 13.6. The summed E-state index contributed by atoms with van der Waals surface area (Å²) in [6, 6.07) is 4.14. The summed E-state index contributed by atoms with van der Waals surface area (Å²) in [5.74, 6) is -5.92. The number of hydrogen-bond acceptors (Lipinski definition) is 4. The fourth-order valence-electron chi connectivity index (χ4n) is 1.87. The zero-order valence-corrected chi connectivity index (χ0v) is 13.1. The Hall–Kier alpha value is -2.94. The highest BCUT2D eigenvalue weighted by molar-refractivity contribution is 6.04. The molecule has 0 aliphatic heterocycles. The van der Waals surface area contributed by atoms with E-state index in [1.54, 1.807) is 0 Å². The number of rotatable bonds is 6. The minimum absolute atomic E-state index is 0.155. The predicted molar refractivity (Wildman–Crippen MR) is 82.7 cm³/mol. The van der Waals surface area contributed by atoms with Gasteiger partial charge in [-0.2, -0.15) is 0 Å². The Balaban J connectivity index is 2.14. The second-order valence-corrected chi connectivity index (χ2v) is 4.86. The number of carbonyl (C=O) groups is 2. The van der Waals surface area contributed by atoms with Gasteiger partial charge in [-0.25, -0.2) is 13.2 Å². The number of amides is 2. The largest absolute Gasteiger partial charge is 0.383 e. The summed E-state index contributed by atoms with van der Waals surface area (Å²) < 4.78 is 44.5. The highest BCUT2D eigenvalue weighted by Gasteiger charge is 2.17. The lowest BCUT2D eigenvalue weighted by Gasteiger charge is -2.08. The van der Waals surface area contributed by atoms with E-state index >= 15 is 0 Å². The lowest BCUT2D eigenvalue weighted by molar-refractivity contribution is 0.0937. The summed E-state index contributed by atoms with van der Waals surface area (Å²) in [7, 11) is 1.48. The van der Waals surface area contributed by atoms with Crippen LogP contribution in [0.15, 0.2) is 30.5 Å². The fraction of sp³-hybridized carbons (Fsp3) is 0.188. The second kappa shape index (κ2) is 8.25. The van der Waals surface area contributed by atoms with Gasteiger partial charge in [0.2, 0.25) is 0 Å². The quantitative estimate of drug-likeness (QED) is 0.616. The molecule has 0 spiro atoms. The van der Waals surface area contributed by atoms with Crippen molar-refractivity contribution in [1.29, 1.82) is 0 Å². The molecule has 1 aromatic heterocycles. The standard InChI is InChI=1S/C16H14F3N3O3/c1-25-7-6-21-15(23)9-4-5-20-12(8-9)16(24)22-11-3-2-10(17)13(18)14(11)19/h2-5,8H,6-7H2,1H3,(H,21,23)(H,22,24). The number of benzene rings is 1. The summed E-state index contributed by atoms with van der Waals surface area (Å²) in [4.78, 5) is 27.8. The molecule has 0 atom stereocenters. The summed E-state index contributed by atoms with van der Waals surface area (Å²) in [6.07, 6.45) is 1.22. The SMILES string of the molecule is COCCNC(=O)c1ccnc(C(=O)Nc2ccc(F)c(F)c2F)c1. The molecular weight excluding hydrogens is 339 g/mol. The van der Waals surface area contributed by atoms with Crippen molar-refractivity contribution >= 4 is 17.5 Å². The van der Waals surface area contributed by atoms with E-state index in [0.717, 1.165) is 6.07 Å². The second-order valence-electron chi connectivity index (χ2n) is 4.86. The third kappa shape index (κ3) is 4.54. The Morgan fingerprint density at radius 1 is 1.12 bits per heavy atom. The smallest absolute Gasteiger partial charge is 0.274 e. The van der Waals surface area contributed by atoms with Gasteiger partial charge in [-0.15, -0.1) is 0 Å². The van der Waals surface area contributed by atoms with Gasteiger partial charge in [-0.05, 0) is 24.3 Å². The molecule has 132 valence electrons. The Bertz CT molecular complexity index is 799. The average molecular weight is 353 g/mol. The molecule has 2 N–H and O–H groups in total. The lowest BCUT2D eigenvalue weighted by Crippen LogP contribution is -2.27. The molecule has 0 unspecified atom stereocenters. The highest BCUT2D eigenvalue weighted by Crippen LogP contribution is 2.20. The van der Waals surface area contributed by atoms with Crippen LogP contribution >= 0.6 is 0 Å². The summed E-state index contributed by atoms with van der Waals surface area (Å²) in [5.41, 5.74) is -0.578. The Morgan fingerprint density at radius 3 is 2.60 bits per heavy atom. The zero-order valence-electron chi connectivity index (χ0n) is 13.1. The molecule has 1 heterocycles. The first-order chi connectivity index (χ1) is 11.9. The minimum atomic E-state index is -1.70. The van der Waals surface area contributed by atoms with E-state index in [1.165, 1.54) is 25.4 Å². The Kier molecular flexibility index (Phi) is 6.07. The molecule has 2 aromatic rings. The number of anilines is 1. The number of nitrogens with one attached hydrogen (secondary N) is 2. The van der Waals surface area contributed by atoms with Crippen LogP contribution in [0, 0.1) is 17.5 Å². The van der Waals surface area contributed by atoms with Crippen LogP contribution in [-0.4, -0.2) is 37.1 Å². The zero-order chi connectivity index (χ0) is 18.4. The van der Waals surface area contributed by atoms with Gasteiger partial charge < -0.3 is 15.4 Å². The Morgan fingerprint density at radius 2 is 1.88 bits per heavy atom. The van der Waals surface area contributed by atoms with Crippen molar-refractivity contribution in [1.82, 2.24) is 10.3 Å². The van der Waals surface area contributed by atoms with Crippen LogP contribution in [0.3, 0.4) is 0 Å². The molecule has 0 bridgehead atoms. The third-order valence-corrected chi connectivity index (χ3v) is 3.13. The van der Waals surface area contributed by atoms with Crippen LogP contribution in [0.4, 0.5) is 18.9 Å². The van der Waals surface area contributed by atoms with E-state index in [0.29, 0.717) is 12.7 Å². The highest BCUT2D eigenvalue weighted by atomic mass is 19.2. The number of ether oxygens (including phenoxy) is 1. The van der Waals surface area contributed by atoms with Crippen LogP contribution in [-0.2, 0) is 4.74 Å². The molecule has 25 heavy (non-hydrogen) atoms. The van der Waals surface area contributed by atoms with Gasteiger partial charge in [0.25, 0.3) is 11.8 Å². The molecule has 0 aliphatic carbocycles.